The van der Waals surface area contributed by atoms with E-state index in [0.717, 1.165) is 13.1 Å². The van der Waals surface area contributed by atoms with Gasteiger partial charge in [-0.15, -0.1) is 0 Å². The van der Waals surface area contributed by atoms with Gasteiger partial charge in [0.15, 0.2) is 0 Å². The van der Waals surface area contributed by atoms with Crippen LogP contribution < -0.4 is 16.2 Å². The van der Waals surface area contributed by atoms with Crippen LogP contribution in [0.2, 0.25) is 5.02 Å². The van der Waals surface area contributed by atoms with E-state index in [0.29, 0.717) is 24.7 Å². The van der Waals surface area contributed by atoms with E-state index in [1.54, 1.807) is 6.20 Å². The number of anilines is 1. The lowest BCUT2D eigenvalue weighted by atomic mass is 9.93. The van der Waals surface area contributed by atoms with Crippen LogP contribution in [0.15, 0.2) is 11.0 Å². The Bertz CT molecular complexity index is 525. The smallest absolute Gasteiger partial charge is 0.287 e. The van der Waals surface area contributed by atoms with Crippen LogP contribution in [0.1, 0.15) is 34.6 Å². The van der Waals surface area contributed by atoms with Crippen LogP contribution in [0.4, 0.5) is 5.69 Å². The van der Waals surface area contributed by atoms with E-state index in [-0.39, 0.29) is 16.0 Å². The van der Waals surface area contributed by atoms with Gasteiger partial charge in [0, 0.05) is 19.6 Å². The summed E-state index contributed by atoms with van der Waals surface area (Å²) in [5, 5.41) is 4.49. The van der Waals surface area contributed by atoms with Crippen molar-refractivity contribution in [2.75, 3.05) is 24.5 Å². The molecule has 0 aromatic carbocycles. The summed E-state index contributed by atoms with van der Waals surface area (Å²) < 4.78 is 1.43. The van der Waals surface area contributed by atoms with Gasteiger partial charge in [-0.3, -0.25) is 4.79 Å². The van der Waals surface area contributed by atoms with Crippen LogP contribution >= 0.6 is 11.6 Å². The van der Waals surface area contributed by atoms with Crippen molar-refractivity contribution in [3.8, 4) is 0 Å². The Balaban J connectivity index is 3.12. The predicted molar refractivity (Wildman–Crippen MR) is 89.1 cm³/mol. The lowest BCUT2D eigenvalue weighted by Crippen LogP contribution is -2.40. The molecule has 1 rings (SSSR count). The van der Waals surface area contributed by atoms with Crippen molar-refractivity contribution in [3.63, 3.8) is 0 Å². The van der Waals surface area contributed by atoms with Crippen LogP contribution in [0.3, 0.4) is 0 Å². The third-order valence-corrected chi connectivity index (χ3v) is 3.75. The molecule has 0 fully saturated rings. The number of nitrogens with zero attached hydrogens (tertiary/aromatic N) is 3. The van der Waals surface area contributed by atoms with Crippen molar-refractivity contribution < 1.29 is 0 Å². The quantitative estimate of drug-likeness (QED) is 0.839. The molecule has 21 heavy (non-hydrogen) atoms. The van der Waals surface area contributed by atoms with Crippen molar-refractivity contribution in [3.05, 3.63) is 21.6 Å². The molecule has 1 heterocycles. The van der Waals surface area contributed by atoms with Gasteiger partial charge in [-0.25, -0.2) is 4.68 Å². The molecule has 0 atom stereocenters. The van der Waals surface area contributed by atoms with Crippen molar-refractivity contribution >= 4 is 17.3 Å². The highest BCUT2D eigenvalue weighted by molar-refractivity contribution is 6.33. The second-order valence-corrected chi connectivity index (χ2v) is 6.99. The van der Waals surface area contributed by atoms with E-state index in [1.165, 1.54) is 4.68 Å². The van der Waals surface area contributed by atoms with E-state index >= 15 is 0 Å². The lowest BCUT2D eigenvalue weighted by molar-refractivity contribution is 0.379. The summed E-state index contributed by atoms with van der Waals surface area (Å²) in [4.78, 5) is 14.4. The third kappa shape index (κ3) is 4.71. The largest absolute Gasteiger partial charge is 0.369 e. The number of nitrogens with two attached hydrogens (primary N) is 1. The molecule has 120 valence electrons. The average molecular weight is 315 g/mol. The average Bonchev–Trinajstić information content (AvgIpc) is 2.41. The van der Waals surface area contributed by atoms with Gasteiger partial charge >= 0.3 is 0 Å². The van der Waals surface area contributed by atoms with E-state index in [1.807, 2.05) is 20.8 Å². The normalized spacial score (nSPS) is 12.0. The summed E-state index contributed by atoms with van der Waals surface area (Å²) in [7, 11) is 0. The van der Waals surface area contributed by atoms with Gasteiger partial charge in [0.1, 0.15) is 5.02 Å². The van der Waals surface area contributed by atoms with Crippen LogP contribution in [-0.2, 0) is 6.54 Å². The number of hydrogen-bond acceptors (Lipinski definition) is 4. The number of halogens is 1. The van der Waals surface area contributed by atoms with E-state index in [2.05, 4.69) is 23.8 Å². The first kappa shape index (κ1) is 18.0. The van der Waals surface area contributed by atoms with Gasteiger partial charge in [-0.2, -0.15) is 5.10 Å². The molecule has 0 aliphatic heterocycles. The molecular formula is C15H27ClN4O. The van der Waals surface area contributed by atoms with Gasteiger partial charge in [-0.05, 0) is 24.8 Å². The van der Waals surface area contributed by atoms with Gasteiger partial charge in [-0.1, -0.05) is 39.3 Å². The highest BCUT2D eigenvalue weighted by Crippen LogP contribution is 2.25. The molecule has 0 unspecified atom stereocenters. The molecule has 0 spiro atoms. The Labute approximate surface area is 132 Å². The van der Waals surface area contributed by atoms with Crippen molar-refractivity contribution in [2.24, 2.45) is 17.1 Å². The van der Waals surface area contributed by atoms with Crippen molar-refractivity contribution in [1.29, 1.82) is 0 Å². The zero-order valence-electron chi connectivity index (χ0n) is 13.7. The summed E-state index contributed by atoms with van der Waals surface area (Å²) >= 11 is 6.28. The molecule has 0 amide bonds. The molecule has 5 nitrogen and oxygen atoms in total. The molecule has 0 saturated heterocycles. The number of aromatic nitrogens is 2. The second kappa shape index (κ2) is 7.27. The molecule has 1 aromatic heterocycles. The fraction of sp³-hybridized carbons (Fsp3) is 0.733. The topological polar surface area (TPSA) is 64.2 Å². The maximum Gasteiger partial charge on any atom is 0.287 e. The van der Waals surface area contributed by atoms with Gasteiger partial charge in [0.25, 0.3) is 5.56 Å². The SMILES string of the molecule is CCN(CC(C)(C)CN)c1cnn(CC(C)C)c(=O)c1Cl. The Morgan fingerprint density at radius 2 is 2.10 bits per heavy atom. The molecule has 1 aromatic rings. The molecular weight excluding hydrogens is 288 g/mol. The first-order valence-corrected chi connectivity index (χ1v) is 7.80. The molecule has 0 aliphatic rings. The van der Waals surface area contributed by atoms with Crippen LogP contribution in [0.25, 0.3) is 0 Å². The lowest BCUT2D eigenvalue weighted by Gasteiger charge is -2.32. The number of hydrogen-bond donors (Lipinski definition) is 1. The minimum Gasteiger partial charge on any atom is -0.369 e. The van der Waals surface area contributed by atoms with Gasteiger partial charge in [0.05, 0.1) is 11.9 Å². The van der Waals surface area contributed by atoms with Gasteiger partial charge < -0.3 is 10.6 Å². The highest BCUT2D eigenvalue weighted by atomic mass is 35.5. The van der Waals surface area contributed by atoms with Gasteiger partial charge in [0.2, 0.25) is 0 Å². The first-order valence-electron chi connectivity index (χ1n) is 7.42. The molecule has 0 radical (unpaired) electrons. The minimum absolute atomic E-state index is 0.0495. The standard InChI is InChI=1S/C15H27ClN4O/c1-6-19(10-15(4,5)9-17)12-7-18-20(8-11(2)3)14(21)13(12)16/h7,11H,6,8-10,17H2,1-5H3. The molecule has 0 bridgehead atoms. The van der Waals surface area contributed by atoms with Crippen LogP contribution in [0.5, 0.6) is 0 Å². The van der Waals surface area contributed by atoms with Crippen molar-refractivity contribution in [2.45, 2.75) is 41.2 Å². The maximum atomic E-state index is 12.3. The zero-order valence-corrected chi connectivity index (χ0v) is 14.4. The summed E-state index contributed by atoms with van der Waals surface area (Å²) in [6, 6.07) is 0. The Morgan fingerprint density at radius 1 is 1.48 bits per heavy atom. The fourth-order valence-corrected chi connectivity index (χ4v) is 2.37. The highest BCUT2D eigenvalue weighted by Gasteiger charge is 2.22. The minimum atomic E-state index is -0.230. The summed E-state index contributed by atoms with van der Waals surface area (Å²) in [5.74, 6) is 0.343. The third-order valence-electron chi connectivity index (χ3n) is 3.40. The van der Waals surface area contributed by atoms with E-state index in [4.69, 9.17) is 17.3 Å². The Hall–Kier alpha value is -1.07. The summed E-state index contributed by atoms with van der Waals surface area (Å²) in [6.45, 7) is 12.9. The zero-order chi connectivity index (χ0) is 16.2. The van der Waals surface area contributed by atoms with Crippen LogP contribution in [-0.4, -0.2) is 29.4 Å². The molecule has 2 N–H and O–H groups in total. The monoisotopic (exact) mass is 314 g/mol. The number of rotatable bonds is 7. The Kier molecular flexibility index (Phi) is 6.23. The van der Waals surface area contributed by atoms with Crippen LogP contribution in [0, 0.1) is 11.3 Å². The maximum absolute atomic E-state index is 12.3. The van der Waals surface area contributed by atoms with E-state index in [9.17, 15) is 4.79 Å². The molecule has 0 aliphatic carbocycles. The van der Waals surface area contributed by atoms with E-state index < -0.39 is 0 Å². The van der Waals surface area contributed by atoms with Crippen molar-refractivity contribution in [1.82, 2.24) is 9.78 Å². The second-order valence-electron chi connectivity index (χ2n) is 6.61. The Morgan fingerprint density at radius 3 is 2.57 bits per heavy atom. The molecule has 0 saturated carbocycles. The summed E-state index contributed by atoms with van der Waals surface area (Å²) in [5.41, 5.74) is 6.20. The first-order chi connectivity index (χ1) is 9.71. The molecule has 6 heteroatoms. The predicted octanol–water partition coefficient (Wildman–Crippen LogP) is 2.36. The fourth-order valence-electron chi connectivity index (χ4n) is 2.10. The summed E-state index contributed by atoms with van der Waals surface area (Å²) in [6.07, 6.45) is 1.68.